The molecule has 0 saturated heterocycles. The molecular formula is C28H35B2ClN4O2. The molecule has 0 radical (unpaired) electrons. The van der Waals surface area contributed by atoms with Gasteiger partial charge in [-0.1, -0.05) is 20.8 Å². The molecule has 1 amide bonds. The molecule has 0 aliphatic carbocycles. The van der Waals surface area contributed by atoms with Crippen LogP contribution in [0.4, 0.5) is 0 Å². The molecule has 37 heavy (non-hydrogen) atoms. The number of hydrogen-bond acceptors (Lipinski definition) is 4. The van der Waals surface area contributed by atoms with Crippen LogP contribution >= 0.6 is 11.6 Å². The molecule has 3 aromatic rings. The van der Waals surface area contributed by atoms with Gasteiger partial charge in [-0.3, -0.25) is 0 Å². The van der Waals surface area contributed by atoms with Crippen LogP contribution in [0.25, 0.3) is 11.3 Å². The number of hydrogen-bond donors (Lipinski definition) is 1. The van der Waals surface area contributed by atoms with E-state index in [9.17, 15) is 4.79 Å². The van der Waals surface area contributed by atoms with Gasteiger partial charge in [0.05, 0.1) is 0 Å². The molecule has 1 atom stereocenters. The van der Waals surface area contributed by atoms with Crippen molar-refractivity contribution in [1.82, 2.24) is 19.6 Å². The minimum atomic E-state index is -0.0535. The molecule has 0 spiro atoms. The first-order valence-corrected chi connectivity index (χ1v) is 13.1. The summed E-state index contributed by atoms with van der Waals surface area (Å²) in [5, 5.41) is 4.13. The Hall–Kier alpha value is -2.99. The van der Waals surface area contributed by atoms with Crippen molar-refractivity contribution in [3.8, 4) is 17.0 Å². The van der Waals surface area contributed by atoms with Crippen molar-refractivity contribution < 1.29 is 9.53 Å². The number of aromatic nitrogens is 2. The maximum atomic E-state index is 12.8. The number of nitrogens with zero attached hydrogens (tertiary/aromatic N) is 3. The standard InChI is InChI=1S/C28H35B2ClN4O2/c1-17(2)37-24-12-11-20(14-22(24)31)26-30-35(29)25(36)15-21(32-26)13-18-7-9-19(10-8-18)23-16-34(6)27(33-23)28(3,4)5/h7-12,14,16-17,21,32H,13,15,29H2,1-6H3/t21-/m0/s1. The molecule has 192 valence electrons. The van der Waals surface area contributed by atoms with E-state index in [0.29, 0.717) is 17.2 Å². The fourth-order valence-electron chi connectivity index (χ4n) is 4.63. The molecule has 2 aromatic carbocycles. The SMILES string of the molecule is BN1B=C(c2ccc(OC(C)C)c(Cl)c2)N[C@@H](Cc2ccc(-c3cn(C)c(C(C)(C)C)n3)cc2)CC1=O. The van der Waals surface area contributed by atoms with Crippen molar-refractivity contribution in [2.75, 3.05) is 0 Å². The summed E-state index contributed by atoms with van der Waals surface area (Å²) in [5.74, 6) is 1.77. The summed E-state index contributed by atoms with van der Waals surface area (Å²) in [6.07, 6.45) is 3.23. The Morgan fingerprint density at radius 1 is 1.19 bits per heavy atom. The molecule has 6 nitrogen and oxygen atoms in total. The van der Waals surface area contributed by atoms with Gasteiger partial charge < -0.3 is 0 Å². The van der Waals surface area contributed by atoms with Crippen molar-refractivity contribution >= 4 is 38.1 Å². The average Bonchev–Trinajstić information content (AvgIpc) is 3.15. The van der Waals surface area contributed by atoms with Crippen LogP contribution in [-0.4, -0.2) is 53.0 Å². The number of halogens is 1. The third-order valence-electron chi connectivity index (χ3n) is 6.38. The van der Waals surface area contributed by atoms with Crippen LogP contribution in [0, 0.1) is 0 Å². The number of carbonyl (C=O) groups excluding carboxylic acids is 1. The van der Waals surface area contributed by atoms with Gasteiger partial charge in [0.1, 0.15) is 0 Å². The van der Waals surface area contributed by atoms with Gasteiger partial charge in [-0.05, 0) is 0 Å². The van der Waals surface area contributed by atoms with E-state index in [4.69, 9.17) is 21.3 Å². The van der Waals surface area contributed by atoms with E-state index in [1.807, 2.05) is 46.2 Å². The molecule has 1 N–H and O–H groups in total. The van der Waals surface area contributed by atoms with Gasteiger partial charge in [-0.2, -0.15) is 0 Å². The van der Waals surface area contributed by atoms with E-state index in [2.05, 4.69) is 61.1 Å². The molecule has 1 aliphatic rings. The summed E-state index contributed by atoms with van der Waals surface area (Å²) in [4.78, 5) is 17.6. The van der Waals surface area contributed by atoms with Crippen molar-refractivity contribution in [2.45, 2.75) is 65.0 Å². The molecule has 4 rings (SSSR count). The van der Waals surface area contributed by atoms with E-state index < -0.39 is 0 Å². The fraction of sp³-hybridized carbons (Fsp3) is 0.393. The Bertz CT molecular complexity index is 1310. The van der Waals surface area contributed by atoms with Crippen LogP contribution in [-0.2, 0) is 23.7 Å². The predicted molar refractivity (Wildman–Crippen MR) is 155 cm³/mol. The van der Waals surface area contributed by atoms with Crippen LogP contribution in [0.2, 0.25) is 5.02 Å². The Balaban J connectivity index is 1.52. The monoisotopic (exact) mass is 516 g/mol. The zero-order valence-corrected chi connectivity index (χ0v) is 23.6. The first kappa shape index (κ1) is 27.1. The third-order valence-corrected chi connectivity index (χ3v) is 6.68. The topological polar surface area (TPSA) is 59.4 Å². The Morgan fingerprint density at radius 3 is 2.46 bits per heavy atom. The number of aryl methyl sites for hydroxylation is 1. The van der Waals surface area contributed by atoms with Crippen molar-refractivity contribution in [2.24, 2.45) is 7.05 Å². The Morgan fingerprint density at radius 2 is 1.86 bits per heavy atom. The molecular weight excluding hydrogens is 481 g/mol. The van der Waals surface area contributed by atoms with E-state index in [1.54, 1.807) is 12.7 Å². The number of imidazole rings is 1. The van der Waals surface area contributed by atoms with Crippen LogP contribution < -0.4 is 10.1 Å². The number of nitrogens with one attached hydrogen (secondary N) is 1. The predicted octanol–water partition coefficient (Wildman–Crippen LogP) is 3.90. The number of benzene rings is 2. The van der Waals surface area contributed by atoms with Gasteiger partial charge >= 0.3 is 206 Å². The minimum absolute atomic E-state index is 0.0188. The van der Waals surface area contributed by atoms with Crippen LogP contribution in [0.1, 0.15) is 58.0 Å². The second-order valence-electron chi connectivity index (χ2n) is 11.1. The second kappa shape index (κ2) is 10.8. The van der Waals surface area contributed by atoms with Crippen LogP contribution in [0.5, 0.6) is 5.75 Å². The van der Waals surface area contributed by atoms with E-state index in [1.165, 1.54) is 0 Å². The number of rotatable bonds is 6. The third kappa shape index (κ3) is 6.48. The number of carbonyl (C=O) groups is 1. The number of amides is 1. The molecule has 2 heterocycles. The van der Waals surface area contributed by atoms with Gasteiger partial charge in [-0.15, -0.1) is 0 Å². The first-order chi connectivity index (χ1) is 17.4. The van der Waals surface area contributed by atoms with Crippen molar-refractivity contribution in [3.63, 3.8) is 0 Å². The van der Waals surface area contributed by atoms with Gasteiger partial charge in [0.25, 0.3) is 0 Å². The molecule has 0 unspecified atom stereocenters. The van der Waals surface area contributed by atoms with Gasteiger partial charge in [0.15, 0.2) is 0 Å². The average molecular weight is 517 g/mol. The Kier molecular flexibility index (Phi) is 7.88. The zero-order chi connectivity index (χ0) is 26.9. The molecule has 1 aromatic heterocycles. The summed E-state index contributed by atoms with van der Waals surface area (Å²) in [5.41, 5.74) is 4.95. The summed E-state index contributed by atoms with van der Waals surface area (Å²) in [7, 11) is 5.67. The Labute approximate surface area is 226 Å². The van der Waals surface area contributed by atoms with E-state index >= 15 is 0 Å². The summed E-state index contributed by atoms with van der Waals surface area (Å²) >= 11 is 6.50. The molecule has 0 fully saturated rings. The fourth-order valence-corrected chi connectivity index (χ4v) is 4.85. The normalized spacial score (nSPS) is 16.2. The van der Waals surface area contributed by atoms with Crippen LogP contribution in [0.15, 0.2) is 48.7 Å². The van der Waals surface area contributed by atoms with Crippen molar-refractivity contribution in [3.05, 3.63) is 70.6 Å². The zero-order valence-electron chi connectivity index (χ0n) is 22.8. The second-order valence-corrected chi connectivity index (χ2v) is 11.5. The van der Waals surface area contributed by atoms with Gasteiger partial charge in [0.2, 0.25) is 0 Å². The molecule has 9 heteroatoms. The quantitative estimate of drug-likeness (QED) is 0.505. The number of ether oxygens (including phenoxy) is 1. The van der Waals surface area contributed by atoms with E-state index in [0.717, 1.165) is 40.2 Å². The summed E-state index contributed by atoms with van der Waals surface area (Å²) < 4.78 is 9.52. The molecule has 1 aliphatic heterocycles. The van der Waals surface area contributed by atoms with Crippen molar-refractivity contribution in [1.29, 1.82) is 0 Å². The van der Waals surface area contributed by atoms with Gasteiger partial charge in [0, 0.05) is 0 Å². The van der Waals surface area contributed by atoms with E-state index in [-0.39, 0.29) is 23.5 Å². The summed E-state index contributed by atoms with van der Waals surface area (Å²) in [6, 6.07) is 14.1. The summed E-state index contributed by atoms with van der Waals surface area (Å²) in [6.45, 7) is 10.5. The van der Waals surface area contributed by atoms with Crippen LogP contribution in [0.3, 0.4) is 0 Å². The molecule has 0 bridgehead atoms. The van der Waals surface area contributed by atoms with Gasteiger partial charge in [-0.25, -0.2) is 0 Å². The first-order valence-electron chi connectivity index (χ1n) is 12.7. The molecule has 0 saturated carbocycles. The maximum absolute atomic E-state index is 12.8.